The van der Waals surface area contributed by atoms with Gasteiger partial charge in [-0.05, 0) is 35.9 Å². The Bertz CT molecular complexity index is 810. The number of aromatic nitrogens is 2. The molecule has 0 bridgehead atoms. The van der Waals surface area contributed by atoms with Crippen molar-refractivity contribution in [2.24, 2.45) is 7.05 Å². The average molecular weight is 300 g/mol. The number of hydrogen-bond acceptors (Lipinski definition) is 2. The van der Waals surface area contributed by atoms with E-state index in [4.69, 9.17) is 11.6 Å². The number of hydrogen-bond donors (Lipinski definition) is 1. The van der Waals surface area contributed by atoms with Crippen molar-refractivity contribution in [2.75, 3.05) is 5.32 Å². The number of imidazole rings is 1. The molecule has 4 nitrogen and oxygen atoms in total. The lowest BCUT2D eigenvalue weighted by molar-refractivity contribution is -0.115. The van der Waals surface area contributed by atoms with Crippen molar-refractivity contribution < 1.29 is 4.79 Å². The number of nitrogens with zero attached hydrogens (tertiary/aromatic N) is 2. The second-order valence-electron chi connectivity index (χ2n) is 4.91. The maximum absolute atomic E-state index is 12.1. The summed E-state index contributed by atoms with van der Waals surface area (Å²) in [6, 6.07) is 13.0. The van der Waals surface area contributed by atoms with E-state index in [1.54, 1.807) is 24.5 Å². The number of amides is 1. The smallest absolute Gasteiger partial charge is 0.228 e. The van der Waals surface area contributed by atoms with Gasteiger partial charge >= 0.3 is 0 Å². The van der Waals surface area contributed by atoms with Crippen molar-refractivity contribution >= 4 is 34.2 Å². The summed E-state index contributed by atoms with van der Waals surface area (Å²) in [6.45, 7) is 0. The van der Waals surface area contributed by atoms with E-state index in [2.05, 4.69) is 10.3 Å². The number of rotatable bonds is 3. The number of carbonyl (C=O) groups is 1. The van der Waals surface area contributed by atoms with Crippen LogP contribution in [0.2, 0.25) is 5.02 Å². The van der Waals surface area contributed by atoms with Gasteiger partial charge in [0.15, 0.2) is 0 Å². The highest BCUT2D eigenvalue weighted by atomic mass is 35.5. The number of halogens is 1. The second kappa shape index (κ2) is 5.58. The Morgan fingerprint density at radius 3 is 2.95 bits per heavy atom. The third-order valence-electron chi connectivity index (χ3n) is 3.26. The van der Waals surface area contributed by atoms with E-state index in [0.717, 1.165) is 16.6 Å². The minimum Gasteiger partial charge on any atom is -0.334 e. The summed E-state index contributed by atoms with van der Waals surface area (Å²) in [4.78, 5) is 16.4. The van der Waals surface area contributed by atoms with Crippen LogP contribution in [-0.4, -0.2) is 15.5 Å². The van der Waals surface area contributed by atoms with Gasteiger partial charge in [-0.15, -0.1) is 0 Å². The third-order valence-corrected chi connectivity index (χ3v) is 3.50. The standard InChI is InChI=1S/C16H14ClN3O/c1-20-10-18-14-7-11(5-6-15(14)20)8-16(21)19-13-4-2-3-12(17)9-13/h2-7,9-10H,8H2,1H3,(H,19,21). The molecule has 0 saturated heterocycles. The summed E-state index contributed by atoms with van der Waals surface area (Å²) in [6.07, 6.45) is 2.07. The van der Waals surface area contributed by atoms with E-state index in [1.807, 2.05) is 35.9 Å². The molecule has 0 aliphatic heterocycles. The van der Waals surface area contributed by atoms with E-state index >= 15 is 0 Å². The first kappa shape index (κ1) is 13.6. The Balaban J connectivity index is 1.73. The van der Waals surface area contributed by atoms with Crippen molar-refractivity contribution in [3.63, 3.8) is 0 Å². The molecular weight excluding hydrogens is 286 g/mol. The molecule has 0 aliphatic carbocycles. The van der Waals surface area contributed by atoms with E-state index < -0.39 is 0 Å². The minimum absolute atomic E-state index is 0.0763. The zero-order valence-corrected chi connectivity index (χ0v) is 12.3. The normalized spacial score (nSPS) is 10.8. The van der Waals surface area contributed by atoms with Gasteiger partial charge in [-0.2, -0.15) is 0 Å². The predicted molar refractivity (Wildman–Crippen MR) is 84.5 cm³/mol. The van der Waals surface area contributed by atoms with Crippen LogP contribution < -0.4 is 5.32 Å². The monoisotopic (exact) mass is 299 g/mol. The summed E-state index contributed by atoms with van der Waals surface area (Å²) in [5.41, 5.74) is 3.58. The Kier molecular flexibility index (Phi) is 3.62. The van der Waals surface area contributed by atoms with Crippen LogP contribution in [0.25, 0.3) is 11.0 Å². The summed E-state index contributed by atoms with van der Waals surface area (Å²) >= 11 is 5.89. The quantitative estimate of drug-likeness (QED) is 0.805. The molecule has 0 aliphatic rings. The van der Waals surface area contributed by atoms with Crippen molar-refractivity contribution in [3.8, 4) is 0 Å². The van der Waals surface area contributed by atoms with Crippen LogP contribution in [0.4, 0.5) is 5.69 Å². The maximum Gasteiger partial charge on any atom is 0.228 e. The molecule has 21 heavy (non-hydrogen) atoms. The summed E-state index contributed by atoms with van der Waals surface area (Å²) in [5.74, 6) is -0.0763. The van der Waals surface area contributed by atoms with Crippen LogP contribution in [0.15, 0.2) is 48.8 Å². The number of benzene rings is 2. The lowest BCUT2D eigenvalue weighted by atomic mass is 10.1. The molecule has 1 N–H and O–H groups in total. The first-order valence-electron chi connectivity index (χ1n) is 6.57. The number of anilines is 1. The lowest BCUT2D eigenvalue weighted by Gasteiger charge is -2.06. The molecule has 1 aromatic heterocycles. The van der Waals surface area contributed by atoms with Crippen LogP contribution >= 0.6 is 11.6 Å². The van der Waals surface area contributed by atoms with E-state index in [0.29, 0.717) is 17.1 Å². The van der Waals surface area contributed by atoms with E-state index in [9.17, 15) is 4.79 Å². The fourth-order valence-corrected chi connectivity index (χ4v) is 2.44. The summed E-state index contributed by atoms with van der Waals surface area (Å²) in [5, 5.41) is 3.44. The van der Waals surface area contributed by atoms with E-state index in [-0.39, 0.29) is 5.91 Å². The zero-order valence-electron chi connectivity index (χ0n) is 11.5. The largest absolute Gasteiger partial charge is 0.334 e. The molecule has 3 rings (SSSR count). The highest BCUT2D eigenvalue weighted by Crippen LogP contribution is 2.17. The van der Waals surface area contributed by atoms with Crippen molar-refractivity contribution in [1.29, 1.82) is 0 Å². The van der Waals surface area contributed by atoms with E-state index in [1.165, 1.54) is 0 Å². The molecule has 0 radical (unpaired) electrons. The van der Waals surface area contributed by atoms with Crippen molar-refractivity contribution in [3.05, 3.63) is 59.4 Å². The molecule has 0 fully saturated rings. The van der Waals surface area contributed by atoms with Crippen molar-refractivity contribution in [1.82, 2.24) is 9.55 Å². The van der Waals surface area contributed by atoms with Crippen LogP contribution in [0.3, 0.4) is 0 Å². The molecule has 1 amide bonds. The molecule has 0 spiro atoms. The minimum atomic E-state index is -0.0763. The molecule has 0 atom stereocenters. The maximum atomic E-state index is 12.1. The van der Waals surface area contributed by atoms with Crippen molar-refractivity contribution in [2.45, 2.75) is 6.42 Å². The van der Waals surface area contributed by atoms with Gasteiger partial charge in [0.25, 0.3) is 0 Å². The third kappa shape index (κ3) is 3.06. The van der Waals surface area contributed by atoms with Gasteiger partial charge in [0.1, 0.15) is 0 Å². The van der Waals surface area contributed by atoms with Crippen LogP contribution in [0.1, 0.15) is 5.56 Å². The zero-order chi connectivity index (χ0) is 14.8. The molecule has 3 aromatic rings. The first-order chi connectivity index (χ1) is 10.1. The second-order valence-corrected chi connectivity index (χ2v) is 5.35. The Hall–Kier alpha value is -2.33. The van der Waals surface area contributed by atoms with Gasteiger partial charge in [0.05, 0.1) is 23.8 Å². The fourth-order valence-electron chi connectivity index (χ4n) is 2.25. The van der Waals surface area contributed by atoms with Crippen LogP contribution in [0, 0.1) is 0 Å². The van der Waals surface area contributed by atoms with Gasteiger partial charge in [-0.25, -0.2) is 4.98 Å². The Labute approximate surface area is 127 Å². The van der Waals surface area contributed by atoms with Gasteiger partial charge < -0.3 is 9.88 Å². The van der Waals surface area contributed by atoms with Gasteiger partial charge in [-0.3, -0.25) is 4.79 Å². The Morgan fingerprint density at radius 2 is 2.14 bits per heavy atom. The molecule has 2 aromatic carbocycles. The summed E-state index contributed by atoms with van der Waals surface area (Å²) < 4.78 is 1.95. The van der Waals surface area contributed by atoms with Gasteiger partial charge in [-0.1, -0.05) is 23.7 Å². The first-order valence-corrected chi connectivity index (χ1v) is 6.95. The van der Waals surface area contributed by atoms with Gasteiger partial charge in [0.2, 0.25) is 5.91 Å². The SMILES string of the molecule is Cn1cnc2cc(CC(=O)Nc3cccc(Cl)c3)ccc21. The molecule has 5 heteroatoms. The summed E-state index contributed by atoms with van der Waals surface area (Å²) in [7, 11) is 1.95. The average Bonchev–Trinajstić information content (AvgIpc) is 2.80. The Morgan fingerprint density at radius 1 is 1.29 bits per heavy atom. The molecule has 0 unspecified atom stereocenters. The van der Waals surface area contributed by atoms with Crippen LogP contribution in [-0.2, 0) is 18.3 Å². The lowest BCUT2D eigenvalue weighted by Crippen LogP contribution is -2.14. The highest BCUT2D eigenvalue weighted by molar-refractivity contribution is 6.30. The fraction of sp³-hybridized carbons (Fsp3) is 0.125. The molecule has 106 valence electrons. The number of carbonyl (C=O) groups excluding carboxylic acids is 1. The number of nitrogens with one attached hydrogen (secondary N) is 1. The topological polar surface area (TPSA) is 46.9 Å². The van der Waals surface area contributed by atoms with Gasteiger partial charge in [0, 0.05) is 17.8 Å². The molecular formula is C16H14ClN3O. The molecule has 1 heterocycles. The number of aryl methyl sites for hydroxylation is 1. The van der Waals surface area contributed by atoms with Crippen LogP contribution in [0.5, 0.6) is 0 Å². The highest BCUT2D eigenvalue weighted by Gasteiger charge is 2.07. The predicted octanol–water partition coefficient (Wildman–Crippen LogP) is 3.41. The molecule has 0 saturated carbocycles. The number of fused-ring (bicyclic) bond motifs is 1.